The topological polar surface area (TPSA) is 61.2 Å². The number of hydrogen-bond donors (Lipinski definition) is 1. The molecule has 136 valence electrons. The van der Waals surface area contributed by atoms with Gasteiger partial charge in [-0.3, -0.25) is 0 Å². The summed E-state index contributed by atoms with van der Waals surface area (Å²) in [5.41, 5.74) is 3.15. The molecule has 0 saturated carbocycles. The fourth-order valence-corrected chi connectivity index (χ4v) is 2.95. The van der Waals surface area contributed by atoms with E-state index in [0.717, 1.165) is 42.0 Å². The van der Waals surface area contributed by atoms with E-state index in [1.54, 1.807) is 20.5 Å². The number of benzene rings is 2. The summed E-state index contributed by atoms with van der Waals surface area (Å²) >= 11 is 0. The van der Waals surface area contributed by atoms with Gasteiger partial charge >= 0.3 is 0 Å². The van der Waals surface area contributed by atoms with Gasteiger partial charge in [0.05, 0.1) is 19.9 Å². The van der Waals surface area contributed by atoms with Crippen LogP contribution in [-0.4, -0.2) is 35.5 Å². The molecule has 0 spiro atoms. The third-order valence-electron chi connectivity index (χ3n) is 4.31. The Kier molecular flexibility index (Phi) is 5.73. The summed E-state index contributed by atoms with van der Waals surface area (Å²) in [7, 11) is 5.27. The smallest absolute Gasteiger partial charge is 0.184 e. The van der Waals surface area contributed by atoms with Crippen LogP contribution < -0.4 is 14.8 Å². The Bertz CT molecular complexity index is 846. The number of nitrogens with one attached hydrogen (secondary N) is 1. The number of methoxy groups -OCH3 is 2. The number of aryl methyl sites for hydroxylation is 2. The molecular weight excluding hydrogens is 328 g/mol. The molecule has 6 nitrogen and oxygen atoms in total. The molecule has 26 heavy (non-hydrogen) atoms. The number of rotatable bonds is 8. The van der Waals surface area contributed by atoms with E-state index in [1.807, 2.05) is 35.9 Å². The van der Waals surface area contributed by atoms with Crippen molar-refractivity contribution < 1.29 is 9.47 Å². The molecule has 1 aromatic heterocycles. The van der Waals surface area contributed by atoms with Crippen LogP contribution >= 0.6 is 0 Å². The van der Waals surface area contributed by atoms with Crippen LogP contribution in [0.5, 0.6) is 11.5 Å². The molecule has 6 heteroatoms. The van der Waals surface area contributed by atoms with Crippen molar-refractivity contribution in [3.63, 3.8) is 0 Å². The number of ether oxygens (including phenoxy) is 2. The fourth-order valence-electron chi connectivity index (χ4n) is 2.95. The van der Waals surface area contributed by atoms with E-state index >= 15 is 0 Å². The monoisotopic (exact) mass is 352 g/mol. The van der Waals surface area contributed by atoms with E-state index in [9.17, 15) is 0 Å². The Hall–Kier alpha value is -3.02. The molecule has 0 bridgehead atoms. The summed E-state index contributed by atoms with van der Waals surface area (Å²) in [6.45, 7) is 0.788. The van der Waals surface area contributed by atoms with Crippen LogP contribution in [0.25, 0.3) is 11.1 Å². The third-order valence-corrected chi connectivity index (χ3v) is 4.31. The van der Waals surface area contributed by atoms with Crippen molar-refractivity contribution in [3.05, 3.63) is 54.6 Å². The molecule has 0 unspecified atom stereocenters. The van der Waals surface area contributed by atoms with Gasteiger partial charge in [0, 0.05) is 25.6 Å². The van der Waals surface area contributed by atoms with Gasteiger partial charge < -0.3 is 19.4 Å². The lowest BCUT2D eigenvalue weighted by molar-refractivity contribution is 0.356. The molecule has 1 N–H and O–H groups in total. The van der Waals surface area contributed by atoms with Gasteiger partial charge in [0.15, 0.2) is 11.5 Å². The van der Waals surface area contributed by atoms with Crippen LogP contribution in [0.4, 0.5) is 5.69 Å². The molecule has 0 aliphatic carbocycles. The van der Waals surface area contributed by atoms with Gasteiger partial charge in [0.25, 0.3) is 0 Å². The minimum absolute atomic E-state index is 0.711. The lowest BCUT2D eigenvalue weighted by Crippen LogP contribution is -2.08. The molecule has 0 aliphatic heterocycles. The largest absolute Gasteiger partial charge is 0.493 e. The molecule has 0 saturated heterocycles. The number of hydrogen-bond acceptors (Lipinski definition) is 5. The average Bonchev–Trinajstić information content (AvgIpc) is 3.10. The van der Waals surface area contributed by atoms with E-state index < -0.39 is 0 Å². The minimum atomic E-state index is 0.711. The van der Waals surface area contributed by atoms with E-state index in [1.165, 1.54) is 0 Å². The van der Waals surface area contributed by atoms with Gasteiger partial charge in [0.2, 0.25) is 0 Å². The minimum Gasteiger partial charge on any atom is -0.493 e. The second kappa shape index (κ2) is 8.38. The van der Waals surface area contributed by atoms with Crippen LogP contribution in [-0.2, 0) is 13.5 Å². The first kappa shape index (κ1) is 17.8. The van der Waals surface area contributed by atoms with Crippen LogP contribution in [0.3, 0.4) is 0 Å². The molecule has 0 aliphatic rings. The third kappa shape index (κ3) is 3.79. The zero-order valence-corrected chi connectivity index (χ0v) is 15.4. The zero-order valence-electron chi connectivity index (χ0n) is 15.4. The summed E-state index contributed by atoms with van der Waals surface area (Å²) in [4.78, 5) is 0. The van der Waals surface area contributed by atoms with E-state index in [0.29, 0.717) is 11.5 Å². The summed E-state index contributed by atoms with van der Waals surface area (Å²) < 4.78 is 13.0. The zero-order chi connectivity index (χ0) is 18.4. The summed E-state index contributed by atoms with van der Waals surface area (Å²) in [5, 5.41) is 11.6. The summed E-state index contributed by atoms with van der Waals surface area (Å²) in [5.74, 6) is 2.41. The first-order valence-corrected chi connectivity index (χ1v) is 8.61. The van der Waals surface area contributed by atoms with Gasteiger partial charge in [-0.25, -0.2) is 0 Å². The maximum atomic E-state index is 5.64. The quantitative estimate of drug-likeness (QED) is 0.628. The summed E-state index contributed by atoms with van der Waals surface area (Å²) in [6.07, 6.45) is 3.51. The highest BCUT2D eigenvalue weighted by Gasteiger charge is 2.16. The van der Waals surface area contributed by atoms with Gasteiger partial charge in [-0.05, 0) is 24.1 Å². The van der Waals surface area contributed by atoms with Gasteiger partial charge in [-0.1, -0.05) is 30.3 Å². The van der Waals surface area contributed by atoms with Crippen LogP contribution in [0.2, 0.25) is 0 Å². The highest BCUT2D eigenvalue weighted by molar-refractivity contribution is 5.84. The highest BCUT2D eigenvalue weighted by atomic mass is 16.5. The second-order valence-corrected chi connectivity index (χ2v) is 5.98. The highest BCUT2D eigenvalue weighted by Crippen LogP contribution is 2.42. The standard InChI is InChI=1S/C20H24N4O2/c1-24-14-22-23-18(24)10-7-13-21-19-16(15-8-5-4-6-9-15)11-12-17(25-2)20(19)26-3/h4-6,8-9,11-12,14,21H,7,10,13H2,1-3H3. The number of aromatic nitrogens is 3. The van der Waals surface area contributed by atoms with E-state index in [-0.39, 0.29) is 0 Å². The molecule has 1 heterocycles. The Morgan fingerprint density at radius 1 is 1.04 bits per heavy atom. The van der Waals surface area contributed by atoms with Gasteiger partial charge in [-0.2, -0.15) is 0 Å². The summed E-state index contributed by atoms with van der Waals surface area (Å²) in [6, 6.07) is 14.2. The predicted octanol–water partition coefficient (Wildman–Crippen LogP) is 3.54. The lowest BCUT2D eigenvalue weighted by atomic mass is 10.0. The van der Waals surface area contributed by atoms with Crippen LogP contribution in [0.15, 0.2) is 48.8 Å². The van der Waals surface area contributed by atoms with Crippen molar-refractivity contribution in [1.29, 1.82) is 0 Å². The second-order valence-electron chi connectivity index (χ2n) is 5.98. The first-order chi connectivity index (χ1) is 12.7. The van der Waals surface area contributed by atoms with Gasteiger partial charge in [-0.15, -0.1) is 10.2 Å². The lowest BCUT2D eigenvalue weighted by Gasteiger charge is -2.18. The maximum Gasteiger partial charge on any atom is 0.184 e. The van der Waals surface area contributed by atoms with Crippen molar-refractivity contribution in [2.75, 3.05) is 26.1 Å². The van der Waals surface area contributed by atoms with Crippen molar-refractivity contribution in [2.24, 2.45) is 7.05 Å². The first-order valence-electron chi connectivity index (χ1n) is 8.61. The number of nitrogens with zero attached hydrogens (tertiary/aromatic N) is 3. The molecule has 3 aromatic rings. The van der Waals surface area contributed by atoms with E-state index in [2.05, 4.69) is 33.7 Å². The molecular formula is C20H24N4O2. The van der Waals surface area contributed by atoms with Crippen molar-refractivity contribution in [3.8, 4) is 22.6 Å². The Morgan fingerprint density at radius 2 is 1.85 bits per heavy atom. The predicted molar refractivity (Wildman–Crippen MR) is 103 cm³/mol. The van der Waals surface area contributed by atoms with Crippen molar-refractivity contribution in [2.45, 2.75) is 12.8 Å². The fraction of sp³-hybridized carbons (Fsp3) is 0.300. The van der Waals surface area contributed by atoms with Crippen LogP contribution in [0.1, 0.15) is 12.2 Å². The Morgan fingerprint density at radius 3 is 2.50 bits per heavy atom. The van der Waals surface area contributed by atoms with Crippen LogP contribution in [0, 0.1) is 0 Å². The van der Waals surface area contributed by atoms with E-state index in [4.69, 9.17) is 9.47 Å². The molecule has 3 rings (SSSR count). The van der Waals surface area contributed by atoms with Crippen molar-refractivity contribution in [1.82, 2.24) is 14.8 Å². The normalized spacial score (nSPS) is 10.6. The molecule has 0 amide bonds. The molecule has 0 atom stereocenters. The Balaban J connectivity index is 1.82. The maximum absolute atomic E-state index is 5.64. The Labute approximate surface area is 153 Å². The molecule has 2 aromatic carbocycles. The number of anilines is 1. The molecule has 0 radical (unpaired) electrons. The van der Waals surface area contributed by atoms with Crippen molar-refractivity contribution >= 4 is 5.69 Å². The van der Waals surface area contributed by atoms with Gasteiger partial charge in [0.1, 0.15) is 12.2 Å². The molecule has 0 fully saturated rings. The average molecular weight is 352 g/mol. The SMILES string of the molecule is COc1ccc(-c2ccccc2)c(NCCCc2nncn2C)c1OC.